The van der Waals surface area contributed by atoms with E-state index in [2.05, 4.69) is 5.32 Å². The first-order valence-corrected chi connectivity index (χ1v) is 8.19. The molecule has 6 heteroatoms. The Morgan fingerprint density at radius 1 is 1.08 bits per heavy atom. The Labute approximate surface area is 151 Å². The molecule has 0 aromatic heterocycles. The SMILES string of the molecule is CC(C)(Oc1ccc(CCNC(=O)c2ccc(Cl)cc2)cc1)C(=O)[O-]. The van der Waals surface area contributed by atoms with E-state index in [1.807, 2.05) is 12.1 Å². The maximum absolute atomic E-state index is 12.0. The molecule has 1 N–H and O–H groups in total. The second-order valence-electron chi connectivity index (χ2n) is 6.06. The van der Waals surface area contributed by atoms with Crippen molar-refractivity contribution >= 4 is 23.5 Å². The van der Waals surface area contributed by atoms with Gasteiger partial charge < -0.3 is 20.0 Å². The molecule has 0 aliphatic heterocycles. The van der Waals surface area contributed by atoms with Crippen LogP contribution < -0.4 is 15.2 Å². The highest BCUT2D eigenvalue weighted by atomic mass is 35.5. The van der Waals surface area contributed by atoms with Gasteiger partial charge in [-0.1, -0.05) is 23.7 Å². The Kier molecular flexibility index (Phi) is 6.04. The van der Waals surface area contributed by atoms with E-state index in [1.54, 1.807) is 36.4 Å². The van der Waals surface area contributed by atoms with E-state index >= 15 is 0 Å². The average Bonchev–Trinajstić information content (AvgIpc) is 2.56. The standard InChI is InChI=1S/C19H20ClNO4/c1-19(2,18(23)24)25-16-9-3-13(4-10-16)11-12-21-17(22)14-5-7-15(20)8-6-14/h3-10H,11-12H2,1-2H3,(H,21,22)(H,23,24)/p-1. The van der Waals surface area contributed by atoms with Gasteiger partial charge in [0.2, 0.25) is 0 Å². The lowest BCUT2D eigenvalue weighted by Crippen LogP contribution is -2.47. The van der Waals surface area contributed by atoms with Crippen molar-refractivity contribution in [2.24, 2.45) is 0 Å². The van der Waals surface area contributed by atoms with Gasteiger partial charge in [0.25, 0.3) is 5.91 Å². The summed E-state index contributed by atoms with van der Waals surface area (Å²) in [5.74, 6) is -0.989. The van der Waals surface area contributed by atoms with Crippen molar-refractivity contribution in [3.8, 4) is 5.75 Å². The Morgan fingerprint density at radius 3 is 2.24 bits per heavy atom. The van der Waals surface area contributed by atoms with Gasteiger partial charge in [-0.05, 0) is 62.2 Å². The summed E-state index contributed by atoms with van der Waals surface area (Å²) in [5.41, 5.74) is 0.154. The third-order valence-corrected chi connectivity index (χ3v) is 3.85. The molecule has 5 nitrogen and oxygen atoms in total. The summed E-state index contributed by atoms with van der Waals surface area (Å²) in [6.07, 6.45) is 0.642. The first-order chi connectivity index (χ1) is 11.8. The van der Waals surface area contributed by atoms with Gasteiger partial charge in [0.05, 0.1) is 5.97 Å². The first-order valence-electron chi connectivity index (χ1n) is 7.81. The molecule has 0 fully saturated rings. The van der Waals surface area contributed by atoms with Crippen LogP contribution >= 0.6 is 11.6 Å². The van der Waals surface area contributed by atoms with Gasteiger partial charge in [0.15, 0.2) is 0 Å². The summed E-state index contributed by atoms with van der Waals surface area (Å²) in [6.45, 7) is 3.34. The maximum atomic E-state index is 12.0. The molecule has 0 aliphatic carbocycles. The summed E-state index contributed by atoms with van der Waals surface area (Å²) in [4.78, 5) is 22.9. The molecule has 2 aromatic carbocycles. The van der Waals surface area contributed by atoms with Crippen LogP contribution in [0.4, 0.5) is 0 Å². The number of carboxylic acids is 1. The van der Waals surface area contributed by atoms with Crippen LogP contribution in [0.5, 0.6) is 5.75 Å². The lowest BCUT2D eigenvalue weighted by Gasteiger charge is -2.27. The fourth-order valence-electron chi connectivity index (χ4n) is 2.08. The number of hydrogen-bond donors (Lipinski definition) is 1. The number of carbonyl (C=O) groups excluding carboxylic acids is 2. The van der Waals surface area contributed by atoms with Gasteiger partial charge in [0.1, 0.15) is 11.4 Å². The third kappa shape index (κ3) is 5.50. The third-order valence-electron chi connectivity index (χ3n) is 3.59. The number of carbonyl (C=O) groups is 2. The number of carboxylic acid groups (broad SMARTS) is 1. The summed E-state index contributed by atoms with van der Waals surface area (Å²) in [6, 6.07) is 13.7. The molecule has 0 aliphatic rings. The second kappa shape index (κ2) is 8.03. The van der Waals surface area contributed by atoms with Crippen LogP contribution in [0.3, 0.4) is 0 Å². The minimum absolute atomic E-state index is 0.160. The van der Waals surface area contributed by atoms with Crippen molar-refractivity contribution in [3.05, 3.63) is 64.7 Å². The number of nitrogens with one attached hydrogen (secondary N) is 1. The number of aliphatic carboxylic acids is 1. The van der Waals surface area contributed by atoms with Gasteiger partial charge in [-0.15, -0.1) is 0 Å². The van der Waals surface area contributed by atoms with Crippen molar-refractivity contribution in [3.63, 3.8) is 0 Å². The Morgan fingerprint density at radius 2 is 1.68 bits per heavy atom. The highest BCUT2D eigenvalue weighted by Crippen LogP contribution is 2.19. The Bertz CT molecular complexity index is 739. The number of amides is 1. The molecular formula is C19H19ClNO4-. The highest BCUT2D eigenvalue weighted by Gasteiger charge is 2.21. The maximum Gasteiger partial charge on any atom is 0.251 e. The van der Waals surface area contributed by atoms with Crippen molar-refractivity contribution in [2.45, 2.75) is 25.9 Å². The number of benzene rings is 2. The number of rotatable bonds is 7. The lowest BCUT2D eigenvalue weighted by atomic mass is 10.1. The van der Waals surface area contributed by atoms with Crippen molar-refractivity contribution in [1.29, 1.82) is 0 Å². The predicted octanol–water partition coefficient (Wildman–Crippen LogP) is 2.22. The largest absolute Gasteiger partial charge is 0.546 e. The number of halogens is 1. The van der Waals surface area contributed by atoms with Crippen LogP contribution in [-0.4, -0.2) is 24.0 Å². The van der Waals surface area contributed by atoms with Crippen LogP contribution in [0.25, 0.3) is 0 Å². The fraction of sp³-hybridized carbons (Fsp3) is 0.263. The quantitative estimate of drug-likeness (QED) is 0.821. The lowest BCUT2D eigenvalue weighted by molar-refractivity contribution is -0.320. The zero-order chi connectivity index (χ0) is 18.4. The van der Waals surface area contributed by atoms with Gasteiger partial charge in [-0.2, -0.15) is 0 Å². The van der Waals surface area contributed by atoms with Gasteiger partial charge in [0, 0.05) is 17.1 Å². The van der Waals surface area contributed by atoms with Gasteiger partial charge in [-0.25, -0.2) is 0 Å². The molecule has 0 unspecified atom stereocenters. The molecule has 0 saturated heterocycles. The van der Waals surface area contributed by atoms with E-state index < -0.39 is 11.6 Å². The summed E-state index contributed by atoms with van der Waals surface area (Å²) in [5, 5.41) is 14.4. The van der Waals surface area contributed by atoms with E-state index in [4.69, 9.17) is 16.3 Å². The summed E-state index contributed by atoms with van der Waals surface area (Å²) < 4.78 is 5.39. The number of hydrogen-bond acceptors (Lipinski definition) is 4. The molecule has 0 saturated carbocycles. The Balaban J connectivity index is 1.84. The van der Waals surface area contributed by atoms with E-state index in [9.17, 15) is 14.7 Å². The molecule has 0 bridgehead atoms. The van der Waals surface area contributed by atoms with Crippen molar-refractivity contribution in [1.82, 2.24) is 5.32 Å². The predicted molar refractivity (Wildman–Crippen MR) is 93.6 cm³/mol. The molecule has 0 radical (unpaired) electrons. The summed E-state index contributed by atoms with van der Waals surface area (Å²) in [7, 11) is 0. The monoisotopic (exact) mass is 360 g/mol. The van der Waals surface area contributed by atoms with Crippen LogP contribution in [-0.2, 0) is 11.2 Å². The number of ether oxygens (including phenoxy) is 1. The van der Waals surface area contributed by atoms with Crippen molar-refractivity contribution in [2.75, 3.05) is 6.54 Å². The van der Waals surface area contributed by atoms with E-state index in [0.717, 1.165) is 5.56 Å². The summed E-state index contributed by atoms with van der Waals surface area (Å²) >= 11 is 5.79. The van der Waals surface area contributed by atoms with Crippen molar-refractivity contribution < 1.29 is 19.4 Å². The van der Waals surface area contributed by atoms with Crippen LogP contribution in [0.1, 0.15) is 29.8 Å². The van der Waals surface area contributed by atoms with Gasteiger partial charge in [-0.3, -0.25) is 4.79 Å². The normalized spacial score (nSPS) is 11.0. The fourth-order valence-corrected chi connectivity index (χ4v) is 2.21. The molecule has 2 aromatic rings. The average molecular weight is 361 g/mol. The van der Waals surface area contributed by atoms with E-state index in [-0.39, 0.29) is 5.91 Å². The molecule has 132 valence electrons. The minimum atomic E-state index is -1.39. The zero-order valence-electron chi connectivity index (χ0n) is 14.0. The molecule has 1 amide bonds. The van der Waals surface area contributed by atoms with E-state index in [1.165, 1.54) is 13.8 Å². The molecule has 2 rings (SSSR count). The topological polar surface area (TPSA) is 78.5 Å². The Hall–Kier alpha value is -2.53. The smallest absolute Gasteiger partial charge is 0.251 e. The molecule has 25 heavy (non-hydrogen) atoms. The van der Waals surface area contributed by atoms with Crippen LogP contribution in [0.2, 0.25) is 5.02 Å². The van der Waals surface area contributed by atoms with Crippen LogP contribution in [0.15, 0.2) is 48.5 Å². The zero-order valence-corrected chi connectivity index (χ0v) is 14.8. The molecule has 0 heterocycles. The molecular weight excluding hydrogens is 342 g/mol. The molecule has 0 spiro atoms. The first kappa shape index (κ1) is 18.8. The van der Waals surface area contributed by atoms with Crippen LogP contribution in [0, 0.1) is 0 Å². The highest BCUT2D eigenvalue weighted by molar-refractivity contribution is 6.30. The van der Waals surface area contributed by atoms with Gasteiger partial charge >= 0.3 is 0 Å². The minimum Gasteiger partial charge on any atom is -0.546 e. The second-order valence-corrected chi connectivity index (χ2v) is 6.49. The molecule has 0 atom stereocenters. The van der Waals surface area contributed by atoms with E-state index in [0.29, 0.717) is 29.3 Å².